The Bertz CT molecular complexity index is 4620. The topological polar surface area (TPSA) is 13.8 Å². The largest absolute Gasteiger partial charge is 0.309 e. The molecule has 0 spiro atoms. The van der Waals surface area contributed by atoms with Crippen LogP contribution in [0.4, 0.5) is 0 Å². The molecule has 0 aliphatic rings. The second-order valence-electron chi connectivity index (χ2n) is 21.3. The highest BCUT2D eigenvalue weighted by Crippen LogP contribution is 2.52. The summed E-state index contributed by atoms with van der Waals surface area (Å²) in [6, 6.07) is 67.0. The fourth-order valence-corrected chi connectivity index (χ4v) is 12.4. The number of para-hydroxylation sites is 2. The lowest BCUT2D eigenvalue weighted by atomic mass is 9.84. The molecule has 0 fully saturated rings. The molecule has 0 atom stereocenters. The Balaban J connectivity index is 1.14. The summed E-state index contributed by atoms with van der Waals surface area (Å²) >= 11 is 0. The summed E-state index contributed by atoms with van der Waals surface area (Å²) in [7, 11) is 0. The summed E-state index contributed by atoms with van der Waals surface area (Å²) in [4.78, 5) is 0. The standard InChI is InChI=1S/C64H47N3/c1-63(2,3)39-25-27-53-47(33-39)48-34-40(64(4,5)6)35-50-57-54(66(53)60(48)50)28-29-55-56(57)49-32-37-17-11-13-21-43(37)59-58-42-20-12-10-16-36(42)30-45(61(58)67(55)62(49)59)38-24-26-52-46(31-38)44-22-14-15-23-51(44)65(52)41-18-8-7-9-19-41/h7-35H,1-6H3. The van der Waals surface area contributed by atoms with Gasteiger partial charge in [-0.1, -0.05) is 139 Å². The highest BCUT2D eigenvalue weighted by Gasteiger charge is 2.29. The Morgan fingerprint density at radius 1 is 0.313 bits per heavy atom. The number of rotatable bonds is 2. The van der Waals surface area contributed by atoms with Crippen molar-refractivity contribution in [3.63, 3.8) is 0 Å². The highest BCUT2D eigenvalue weighted by molar-refractivity contribution is 6.41. The van der Waals surface area contributed by atoms with Crippen LogP contribution in [0.25, 0.3) is 136 Å². The molecule has 3 nitrogen and oxygen atoms in total. The van der Waals surface area contributed by atoms with E-state index < -0.39 is 0 Å². The monoisotopic (exact) mass is 857 g/mol. The molecular formula is C64H47N3. The molecule has 0 bridgehead atoms. The summed E-state index contributed by atoms with van der Waals surface area (Å²) in [6.07, 6.45) is 0. The predicted octanol–water partition coefficient (Wildman–Crippen LogP) is 17.7. The van der Waals surface area contributed by atoms with E-state index in [2.05, 4.69) is 231 Å². The molecule has 5 aromatic heterocycles. The summed E-state index contributed by atoms with van der Waals surface area (Å²) in [5.74, 6) is 0. The van der Waals surface area contributed by atoms with Crippen LogP contribution >= 0.6 is 0 Å². The normalized spacial score (nSPS) is 13.2. The Morgan fingerprint density at radius 3 is 1.58 bits per heavy atom. The van der Waals surface area contributed by atoms with E-state index in [1.165, 1.54) is 147 Å². The fraction of sp³-hybridized carbons (Fsp3) is 0.125. The fourth-order valence-electron chi connectivity index (χ4n) is 12.4. The van der Waals surface area contributed by atoms with Crippen LogP contribution in [0.5, 0.6) is 0 Å². The van der Waals surface area contributed by atoms with Crippen molar-refractivity contribution in [2.45, 2.75) is 52.4 Å². The van der Waals surface area contributed by atoms with Crippen molar-refractivity contribution in [1.82, 2.24) is 13.4 Å². The van der Waals surface area contributed by atoms with Crippen LogP contribution in [0.1, 0.15) is 52.7 Å². The van der Waals surface area contributed by atoms with Gasteiger partial charge in [-0.2, -0.15) is 0 Å². The first-order valence-electron chi connectivity index (χ1n) is 23.9. The molecule has 0 unspecified atom stereocenters. The zero-order valence-corrected chi connectivity index (χ0v) is 38.6. The van der Waals surface area contributed by atoms with E-state index in [-0.39, 0.29) is 10.8 Å². The minimum atomic E-state index is -0.0381. The minimum Gasteiger partial charge on any atom is -0.309 e. The van der Waals surface area contributed by atoms with Crippen LogP contribution in [0.2, 0.25) is 0 Å². The lowest BCUT2D eigenvalue weighted by Crippen LogP contribution is -2.11. The average molecular weight is 858 g/mol. The van der Waals surface area contributed by atoms with E-state index in [4.69, 9.17) is 0 Å². The minimum absolute atomic E-state index is 0.0381. The van der Waals surface area contributed by atoms with Gasteiger partial charge in [0.1, 0.15) is 0 Å². The summed E-state index contributed by atoms with van der Waals surface area (Å²) in [6.45, 7) is 14.1. The van der Waals surface area contributed by atoms with Crippen molar-refractivity contribution in [3.05, 3.63) is 187 Å². The Hall–Kier alpha value is -7.88. The van der Waals surface area contributed by atoms with Crippen molar-refractivity contribution in [3.8, 4) is 16.8 Å². The molecular weight excluding hydrogens is 811 g/mol. The number of hydrogen-bond acceptors (Lipinski definition) is 0. The van der Waals surface area contributed by atoms with Gasteiger partial charge in [-0.15, -0.1) is 0 Å². The molecule has 0 saturated heterocycles. The molecule has 0 saturated carbocycles. The van der Waals surface area contributed by atoms with E-state index in [9.17, 15) is 0 Å². The van der Waals surface area contributed by atoms with Crippen LogP contribution < -0.4 is 0 Å². The predicted molar refractivity (Wildman–Crippen MR) is 288 cm³/mol. The quantitative estimate of drug-likeness (QED) is 0.164. The number of benzene rings is 10. The molecule has 0 aliphatic heterocycles. The molecule has 0 N–H and O–H groups in total. The van der Waals surface area contributed by atoms with Gasteiger partial charge in [0.05, 0.1) is 44.1 Å². The molecule has 0 amide bonds. The number of fused-ring (bicyclic) bond motifs is 20. The maximum atomic E-state index is 2.66. The maximum Gasteiger partial charge on any atom is 0.0627 e. The molecule has 15 rings (SSSR count). The van der Waals surface area contributed by atoms with E-state index in [0.29, 0.717) is 0 Å². The van der Waals surface area contributed by atoms with Gasteiger partial charge in [-0.05, 0) is 128 Å². The third kappa shape index (κ3) is 4.76. The van der Waals surface area contributed by atoms with Crippen LogP contribution in [-0.4, -0.2) is 13.4 Å². The Morgan fingerprint density at radius 2 is 0.851 bits per heavy atom. The van der Waals surface area contributed by atoms with Gasteiger partial charge >= 0.3 is 0 Å². The first-order chi connectivity index (χ1) is 32.5. The molecule has 5 heterocycles. The van der Waals surface area contributed by atoms with Gasteiger partial charge in [-0.3, -0.25) is 0 Å². The molecule has 0 aliphatic carbocycles. The van der Waals surface area contributed by atoms with Gasteiger partial charge in [0.2, 0.25) is 0 Å². The second-order valence-corrected chi connectivity index (χ2v) is 21.3. The first kappa shape index (κ1) is 37.4. The average Bonchev–Trinajstić information content (AvgIpc) is 4.13. The highest BCUT2D eigenvalue weighted by atomic mass is 15.0. The summed E-state index contributed by atoms with van der Waals surface area (Å²) in [5, 5.41) is 18.3. The third-order valence-corrected chi connectivity index (χ3v) is 15.5. The smallest absolute Gasteiger partial charge is 0.0627 e. The van der Waals surface area contributed by atoms with Crippen LogP contribution in [0.15, 0.2) is 176 Å². The van der Waals surface area contributed by atoms with Gasteiger partial charge < -0.3 is 13.4 Å². The number of nitrogens with zero attached hydrogens (tertiary/aromatic N) is 3. The van der Waals surface area contributed by atoms with Crippen molar-refractivity contribution >= 4 is 120 Å². The Labute approximate surface area is 387 Å². The molecule has 3 heteroatoms. The van der Waals surface area contributed by atoms with Gasteiger partial charge in [0.15, 0.2) is 0 Å². The van der Waals surface area contributed by atoms with Crippen molar-refractivity contribution in [2.24, 2.45) is 0 Å². The molecule has 15 aromatic rings. The van der Waals surface area contributed by atoms with Gasteiger partial charge in [0.25, 0.3) is 0 Å². The molecule has 318 valence electrons. The lowest BCUT2D eigenvalue weighted by Gasteiger charge is -2.20. The van der Waals surface area contributed by atoms with E-state index >= 15 is 0 Å². The molecule has 10 aromatic carbocycles. The second kappa shape index (κ2) is 12.5. The SMILES string of the molecule is CC(C)(C)c1ccc2c(c1)c1cc(C(C)(C)C)cc3c4c5c6cc7ccccc7c7c8c9ccccc9cc(-c9ccc%10c(c9)c9ccccc9n%10-c9ccccc9)c8n(c5ccc4n2c13)c67. The summed E-state index contributed by atoms with van der Waals surface area (Å²) < 4.78 is 7.66. The number of hydrogen-bond donors (Lipinski definition) is 0. The van der Waals surface area contributed by atoms with Crippen molar-refractivity contribution in [1.29, 1.82) is 0 Å². The zero-order chi connectivity index (χ0) is 44.8. The molecule has 67 heavy (non-hydrogen) atoms. The third-order valence-electron chi connectivity index (χ3n) is 15.5. The van der Waals surface area contributed by atoms with E-state index in [0.717, 1.165) is 0 Å². The van der Waals surface area contributed by atoms with Crippen LogP contribution in [0, 0.1) is 0 Å². The maximum absolute atomic E-state index is 2.66. The zero-order valence-electron chi connectivity index (χ0n) is 38.6. The van der Waals surface area contributed by atoms with E-state index in [1.807, 2.05) is 0 Å². The first-order valence-corrected chi connectivity index (χ1v) is 23.9. The van der Waals surface area contributed by atoms with Gasteiger partial charge in [0, 0.05) is 65.1 Å². The van der Waals surface area contributed by atoms with Crippen LogP contribution in [-0.2, 0) is 10.8 Å². The van der Waals surface area contributed by atoms with Gasteiger partial charge in [-0.25, -0.2) is 0 Å². The van der Waals surface area contributed by atoms with Crippen molar-refractivity contribution < 1.29 is 0 Å². The van der Waals surface area contributed by atoms with Crippen molar-refractivity contribution in [2.75, 3.05) is 0 Å². The lowest BCUT2D eigenvalue weighted by molar-refractivity contribution is 0.590. The molecule has 0 radical (unpaired) electrons. The van der Waals surface area contributed by atoms with Crippen LogP contribution in [0.3, 0.4) is 0 Å². The summed E-state index contributed by atoms with van der Waals surface area (Å²) in [5.41, 5.74) is 16.5. The van der Waals surface area contributed by atoms with E-state index in [1.54, 1.807) is 0 Å². The Kier molecular flexibility index (Phi) is 6.97. The number of aromatic nitrogens is 3.